The molecule has 0 unspecified atom stereocenters. The van der Waals surface area contributed by atoms with Crippen molar-refractivity contribution in [1.82, 2.24) is 0 Å². The van der Waals surface area contributed by atoms with Crippen LogP contribution in [-0.2, 0) is 4.79 Å². The third-order valence-corrected chi connectivity index (χ3v) is 5.64. The molecule has 1 saturated carbocycles. The van der Waals surface area contributed by atoms with Gasteiger partial charge in [0.15, 0.2) is 0 Å². The van der Waals surface area contributed by atoms with Gasteiger partial charge in [0.05, 0.1) is 16.7 Å². The standard InChI is InChI=1S/C15H17NO3S/c17-13(18)10-5-4-6-11-12(10)16-14(19)15(9-20-11)7-2-1-3-8-15/h4-6H,1-3,7-9H2,(H,16,19)(H,17,18). The Morgan fingerprint density at radius 1 is 1.25 bits per heavy atom. The summed E-state index contributed by atoms with van der Waals surface area (Å²) in [5.41, 5.74) is 0.325. The average Bonchev–Trinajstić information content (AvgIpc) is 2.58. The van der Waals surface area contributed by atoms with Crippen molar-refractivity contribution >= 4 is 29.3 Å². The van der Waals surface area contributed by atoms with Gasteiger partial charge in [0.25, 0.3) is 0 Å². The van der Waals surface area contributed by atoms with Gasteiger partial charge in [-0.2, -0.15) is 0 Å². The number of benzene rings is 1. The van der Waals surface area contributed by atoms with Crippen LogP contribution in [0.5, 0.6) is 0 Å². The van der Waals surface area contributed by atoms with Crippen LogP contribution in [0.15, 0.2) is 23.1 Å². The van der Waals surface area contributed by atoms with Crippen molar-refractivity contribution in [2.75, 3.05) is 11.1 Å². The number of carboxylic acid groups (broad SMARTS) is 1. The van der Waals surface area contributed by atoms with Gasteiger partial charge in [0, 0.05) is 10.6 Å². The molecule has 1 spiro atoms. The Morgan fingerprint density at radius 3 is 2.70 bits per heavy atom. The molecule has 4 nitrogen and oxygen atoms in total. The van der Waals surface area contributed by atoms with Crippen LogP contribution >= 0.6 is 11.8 Å². The molecule has 20 heavy (non-hydrogen) atoms. The maximum Gasteiger partial charge on any atom is 0.337 e. The fourth-order valence-electron chi connectivity index (χ4n) is 3.09. The Bertz CT molecular complexity index is 564. The first-order chi connectivity index (χ1) is 9.62. The van der Waals surface area contributed by atoms with E-state index in [1.165, 1.54) is 6.42 Å². The number of aromatic carboxylic acids is 1. The van der Waals surface area contributed by atoms with E-state index in [9.17, 15) is 14.7 Å². The largest absolute Gasteiger partial charge is 0.478 e. The zero-order chi connectivity index (χ0) is 14.2. The van der Waals surface area contributed by atoms with Gasteiger partial charge in [-0.25, -0.2) is 4.79 Å². The maximum absolute atomic E-state index is 12.6. The van der Waals surface area contributed by atoms with Gasteiger partial charge in [-0.1, -0.05) is 25.3 Å². The molecular weight excluding hydrogens is 274 g/mol. The predicted molar refractivity (Wildman–Crippen MR) is 78.3 cm³/mol. The number of nitrogens with one attached hydrogen (secondary N) is 1. The Morgan fingerprint density at radius 2 is 2.00 bits per heavy atom. The zero-order valence-corrected chi connectivity index (χ0v) is 12.0. The molecule has 1 fully saturated rings. The first kappa shape index (κ1) is 13.5. The van der Waals surface area contributed by atoms with Crippen molar-refractivity contribution < 1.29 is 14.7 Å². The summed E-state index contributed by atoms with van der Waals surface area (Å²) in [5, 5.41) is 12.2. The second-order valence-corrected chi connectivity index (χ2v) is 6.58. The second kappa shape index (κ2) is 5.13. The minimum absolute atomic E-state index is 0.00264. The number of rotatable bonds is 1. The topological polar surface area (TPSA) is 66.4 Å². The zero-order valence-electron chi connectivity index (χ0n) is 11.1. The minimum Gasteiger partial charge on any atom is -0.478 e. The Hall–Kier alpha value is -1.49. The Balaban J connectivity index is 1.99. The van der Waals surface area contributed by atoms with Gasteiger partial charge in [0.2, 0.25) is 5.91 Å². The van der Waals surface area contributed by atoms with Crippen molar-refractivity contribution in [2.24, 2.45) is 5.41 Å². The highest BCUT2D eigenvalue weighted by Gasteiger charge is 2.42. The summed E-state index contributed by atoms with van der Waals surface area (Å²) in [6, 6.07) is 5.16. The number of carbonyl (C=O) groups excluding carboxylic acids is 1. The normalized spacial score (nSPS) is 20.9. The van der Waals surface area contributed by atoms with Gasteiger partial charge in [0.1, 0.15) is 0 Å². The lowest BCUT2D eigenvalue weighted by Gasteiger charge is -2.33. The van der Waals surface area contributed by atoms with Crippen LogP contribution in [0.25, 0.3) is 0 Å². The average molecular weight is 291 g/mol. The van der Waals surface area contributed by atoms with Crippen molar-refractivity contribution in [1.29, 1.82) is 0 Å². The summed E-state index contributed by atoms with van der Waals surface area (Å²) in [7, 11) is 0. The molecule has 0 aromatic heterocycles. The number of carboxylic acids is 1. The fourth-order valence-corrected chi connectivity index (χ4v) is 4.42. The number of para-hydroxylation sites is 1. The van der Waals surface area contributed by atoms with E-state index in [4.69, 9.17) is 0 Å². The molecule has 5 heteroatoms. The molecular formula is C15H17NO3S. The Kier molecular flexibility index (Phi) is 3.46. The van der Waals surface area contributed by atoms with E-state index in [0.717, 1.165) is 36.3 Å². The maximum atomic E-state index is 12.6. The Labute approximate surface area is 121 Å². The van der Waals surface area contributed by atoms with Gasteiger partial charge in [-0.05, 0) is 25.0 Å². The highest BCUT2D eigenvalue weighted by Crippen LogP contribution is 2.46. The summed E-state index contributed by atoms with van der Waals surface area (Å²) in [6.45, 7) is 0. The molecule has 0 atom stereocenters. The summed E-state index contributed by atoms with van der Waals surface area (Å²) in [5.74, 6) is -0.256. The van der Waals surface area contributed by atoms with E-state index < -0.39 is 5.97 Å². The third-order valence-electron chi connectivity index (χ3n) is 4.29. The van der Waals surface area contributed by atoms with Crippen LogP contribution in [-0.4, -0.2) is 22.7 Å². The first-order valence-electron chi connectivity index (χ1n) is 6.93. The highest BCUT2D eigenvalue weighted by molar-refractivity contribution is 7.99. The molecule has 1 aliphatic heterocycles. The van der Waals surface area contributed by atoms with Crippen LogP contribution in [0.4, 0.5) is 5.69 Å². The number of amides is 1. The molecule has 106 valence electrons. The molecule has 2 N–H and O–H groups in total. The summed E-state index contributed by atoms with van der Waals surface area (Å²) < 4.78 is 0. The quantitative estimate of drug-likeness (QED) is 0.832. The highest BCUT2D eigenvalue weighted by atomic mass is 32.2. The van der Waals surface area contributed by atoms with Gasteiger partial charge >= 0.3 is 5.97 Å². The van der Waals surface area contributed by atoms with E-state index in [2.05, 4.69) is 5.32 Å². The first-order valence-corrected chi connectivity index (χ1v) is 7.91. The van der Waals surface area contributed by atoms with E-state index in [1.807, 2.05) is 6.07 Å². The van der Waals surface area contributed by atoms with Gasteiger partial charge in [-0.3, -0.25) is 4.79 Å². The number of hydrogen-bond donors (Lipinski definition) is 2. The number of anilines is 1. The summed E-state index contributed by atoms with van der Waals surface area (Å²) in [4.78, 5) is 24.8. The summed E-state index contributed by atoms with van der Waals surface area (Å²) >= 11 is 1.60. The molecule has 2 aliphatic rings. The third kappa shape index (κ3) is 2.20. The second-order valence-electron chi connectivity index (χ2n) is 5.57. The molecule has 0 radical (unpaired) electrons. The van der Waals surface area contributed by atoms with Crippen LogP contribution in [0, 0.1) is 5.41 Å². The van der Waals surface area contributed by atoms with Crippen molar-refractivity contribution in [3.8, 4) is 0 Å². The molecule has 1 amide bonds. The van der Waals surface area contributed by atoms with Gasteiger partial charge in [-0.15, -0.1) is 11.8 Å². The summed E-state index contributed by atoms with van der Waals surface area (Å²) in [6.07, 6.45) is 5.16. The minimum atomic E-state index is -0.998. The van der Waals surface area contributed by atoms with E-state index >= 15 is 0 Å². The fraction of sp³-hybridized carbons (Fsp3) is 0.467. The molecule has 1 aromatic carbocycles. The van der Waals surface area contributed by atoms with E-state index in [-0.39, 0.29) is 16.9 Å². The number of fused-ring (bicyclic) bond motifs is 1. The van der Waals surface area contributed by atoms with Gasteiger partial charge < -0.3 is 10.4 Å². The van der Waals surface area contributed by atoms with Crippen LogP contribution in [0.2, 0.25) is 0 Å². The van der Waals surface area contributed by atoms with E-state index in [1.54, 1.807) is 23.9 Å². The van der Waals surface area contributed by atoms with Crippen molar-refractivity contribution in [2.45, 2.75) is 37.0 Å². The van der Waals surface area contributed by atoms with E-state index in [0.29, 0.717) is 5.69 Å². The molecule has 3 rings (SSSR count). The van der Waals surface area contributed by atoms with Crippen LogP contribution in [0.3, 0.4) is 0 Å². The smallest absolute Gasteiger partial charge is 0.337 e. The predicted octanol–water partition coefficient (Wildman–Crippen LogP) is 3.38. The lowest BCUT2D eigenvalue weighted by molar-refractivity contribution is -0.126. The molecule has 0 bridgehead atoms. The van der Waals surface area contributed by atoms with Crippen LogP contribution in [0.1, 0.15) is 42.5 Å². The van der Waals surface area contributed by atoms with Crippen molar-refractivity contribution in [3.63, 3.8) is 0 Å². The SMILES string of the molecule is O=C(O)c1cccc2c1NC(=O)C1(CCCCC1)CS2. The molecule has 1 aliphatic carbocycles. The number of hydrogen-bond acceptors (Lipinski definition) is 3. The lowest BCUT2D eigenvalue weighted by Crippen LogP contribution is -2.39. The lowest BCUT2D eigenvalue weighted by atomic mass is 9.75. The molecule has 1 heterocycles. The van der Waals surface area contributed by atoms with Crippen LogP contribution < -0.4 is 5.32 Å². The molecule has 0 saturated heterocycles. The monoisotopic (exact) mass is 291 g/mol. The van der Waals surface area contributed by atoms with Crippen molar-refractivity contribution in [3.05, 3.63) is 23.8 Å². The molecule has 1 aromatic rings. The number of thioether (sulfide) groups is 1. The number of carbonyl (C=O) groups is 2.